The van der Waals surface area contributed by atoms with Gasteiger partial charge in [-0.1, -0.05) is 0 Å². The second-order valence-corrected chi connectivity index (χ2v) is 9.22. The summed E-state index contributed by atoms with van der Waals surface area (Å²) in [5.74, 6) is -0.216. The molecule has 0 bridgehead atoms. The van der Waals surface area contributed by atoms with Gasteiger partial charge in [-0.05, 0) is 59.6 Å². The molecule has 1 aromatic carbocycles. The van der Waals surface area contributed by atoms with Crippen molar-refractivity contribution in [1.82, 2.24) is 19.4 Å². The number of pyridine rings is 1. The van der Waals surface area contributed by atoms with Crippen LogP contribution >= 0.6 is 11.3 Å². The summed E-state index contributed by atoms with van der Waals surface area (Å²) >= 11 is 1.51. The minimum absolute atomic E-state index is 0.256. The van der Waals surface area contributed by atoms with Crippen molar-refractivity contribution in [3.63, 3.8) is 0 Å². The fraction of sp³-hybridized carbons (Fsp3) is 0.320. The van der Waals surface area contributed by atoms with Gasteiger partial charge < -0.3 is 14.2 Å². The Labute approximate surface area is 217 Å². The van der Waals surface area contributed by atoms with Crippen LogP contribution in [0.3, 0.4) is 0 Å². The van der Waals surface area contributed by atoms with Gasteiger partial charge in [0.25, 0.3) is 5.91 Å². The Morgan fingerprint density at radius 2 is 1.79 bits per heavy atom. The molecule has 0 atom stereocenters. The molecule has 0 aliphatic carbocycles. The van der Waals surface area contributed by atoms with Gasteiger partial charge in [0.1, 0.15) is 24.7 Å². The zero-order valence-electron chi connectivity index (χ0n) is 20.0. The summed E-state index contributed by atoms with van der Waals surface area (Å²) in [5.41, 5.74) is 2.18. The van der Waals surface area contributed by atoms with E-state index >= 15 is 0 Å². The third kappa shape index (κ3) is 7.03. The van der Waals surface area contributed by atoms with E-state index < -0.39 is 31.3 Å². The standard InChI is InChI=1S/C25H22F6N4O2S/c1-2-37-19-5-4-18(32-11-19)10-22-33-20-9-17(3-6-21(20)35(22)12-16-7-8-38-13-16)23(36)34(14-24(26,27)28)15-25(29,30)31/h3-9,11,13H,2,10,12,14-15H2,1H3. The van der Waals surface area contributed by atoms with Gasteiger partial charge in [0.05, 0.1) is 30.4 Å². The number of thiophene rings is 1. The lowest BCUT2D eigenvalue weighted by molar-refractivity contribution is -0.171. The molecule has 0 aliphatic heterocycles. The minimum atomic E-state index is -5.00. The zero-order valence-corrected chi connectivity index (χ0v) is 20.8. The molecule has 0 aliphatic rings. The molecule has 0 radical (unpaired) electrons. The average Bonchev–Trinajstić information content (AvgIpc) is 3.46. The molecular weight excluding hydrogens is 534 g/mol. The first kappa shape index (κ1) is 27.4. The lowest BCUT2D eigenvalue weighted by atomic mass is 10.1. The van der Waals surface area contributed by atoms with E-state index in [2.05, 4.69) is 9.97 Å². The van der Waals surface area contributed by atoms with Gasteiger partial charge in [0.2, 0.25) is 0 Å². The third-order valence-electron chi connectivity index (χ3n) is 5.47. The highest BCUT2D eigenvalue weighted by Crippen LogP contribution is 2.26. The minimum Gasteiger partial charge on any atom is -0.492 e. The molecule has 0 N–H and O–H groups in total. The van der Waals surface area contributed by atoms with E-state index in [0.717, 1.165) is 5.56 Å². The topological polar surface area (TPSA) is 60.2 Å². The first-order valence-electron chi connectivity index (χ1n) is 11.4. The van der Waals surface area contributed by atoms with Crippen LogP contribution in [0.5, 0.6) is 5.75 Å². The van der Waals surface area contributed by atoms with Crippen molar-refractivity contribution in [2.45, 2.75) is 32.2 Å². The summed E-state index contributed by atoms with van der Waals surface area (Å²) in [5, 5.41) is 3.86. The van der Waals surface area contributed by atoms with Crippen molar-refractivity contribution in [1.29, 1.82) is 0 Å². The quantitative estimate of drug-likeness (QED) is 0.234. The molecule has 3 aromatic heterocycles. The molecule has 4 rings (SSSR count). The van der Waals surface area contributed by atoms with Crippen molar-refractivity contribution < 1.29 is 35.9 Å². The number of carbonyl (C=O) groups is 1. The number of amides is 1. The zero-order chi connectivity index (χ0) is 27.5. The molecule has 1 amide bonds. The number of halogens is 6. The normalized spacial score (nSPS) is 12.2. The van der Waals surface area contributed by atoms with Crippen LogP contribution in [0, 0.1) is 0 Å². The van der Waals surface area contributed by atoms with Gasteiger partial charge in [-0.25, -0.2) is 4.98 Å². The molecule has 0 spiro atoms. The number of alkyl halides is 6. The molecule has 0 unspecified atom stereocenters. The first-order valence-corrected chi connectivity index (χ1v) is 12.4. The van der Waals surface area contributed by atoms with Crippen LogP contribution < -0.4 is 4.74 Å². The third-order valence-corrected chi connectivity index (χ3v) is 6.20. The second-order valence-electron chi connectivity index (χ2n) is 8.44. The monoisotopic (exact) mass is 556 g/mol. The number of benzene rings is 1. The molecule has 38 heavy (non-hydrogen) atoms. The summed E-state index contributed by atoms with van der Waals surface area (Å²) in [7, 11) is 0. The van der Waals surface area contributed by atoms with Crippen LogP contribution in [0.2, 0.25) is 0 Å². The van der Waals surface area contributed by atoms with E-state index in [0.29, 0.717) is 42.4 Å². The Balaban J connectivity index is 1.70. The molecular formula is C25H22F6N4O2S. The van der Waals surface area contributed by atoms with Gasteiger partial charge >= 0.3 is 12.4 Å². The van der Waals surface area contributed by atoms with E-state index in [1.165, 1.54) is 29.5 Å². The molecule has 6 nitrogen and oxygen atoms in total. The van der Waals surface area contributed by atoms with E-state index in [4.69, 9.17) is 4.74 Å². The maximum atomic E-state index is 12.9. The Morgan fingerprint density at radius 3 is 2.37 bits per heavy atom. The number of nitrogens with zero attached hydrogens (tertiary/aromatic N) is 4. The van der Waals surface area contributed by atoms with Gasteiger partial charge in [-0.2, -0.15) is 37.7 Å². The largest absolute Gasteiger partial charge is 0.492 e. The van der Waals surface area contributed by atoms with Crippen LogP contribution in [-0.2, 0) is 13.0 Å². The van der Waals surface area contributed by atoms with E-state index in [1.807, 2.05) is 28.3 Å². The maximum Gasteiger partial charge on any atom is 0.406 e. The van der Waals surface area contributed by atoms with Gasteiger partial charge in [0.15, 0.2) is 0 Å². The fourth-order valence-electron chi connectivity index (χ4n) is 3.93. The van der Waals surface area contributed by atoms with E-state index in [-0.39, 0.29) is 16.0 Å². The highest BCUT2D eigenvalue weighted by Gasteiger charge is 2.40. The van der Waals surface area contributed by atoms with Crippen LogP contribution in [0.15, 0.2) is 53.4 Å². The number of rotatable bonds is 9. The molecule has 0 fully saturated rings. The molecule has 13 heteroatoms. The van der Waals surface area contributed by atoms with Crippen molar-refractivity contribution in [3.05, 3.63) is 76.0 Å². The summed E-state index contributed by atoms with van der Waals surface area (Å²) in [6.07, 6.45) is -8.11. The Bertz CT molecular complexity index is 1370. The smallest absolute Gasteiger partial charge is 0.406 e. The number of hydrogen-bond acceptors (Lipinski definition) is 5. The first-order chi connectivity index (χ1) is 17.9. The van der Waals surface area contributed by atoms with Crippen molar-refractivity contribution in [2.75, 3.05) is 19.7 Å². The van der Waals surface area contributed by atoms with Crippen LogP contribution in [-0.4, -0.2) is 57.4 Å². The lowest BCUT2D eigenvalue weighted by Gasteiger charge is -2.25. The second kappa shape index (κ2) is 11.0. The number of fused-ring (bicyclic) bond motifs is 1. The van der Waals surface area contributed by atoms with Gasteiger partial charge in [-0.15, -0.1) is 0 Å². The number of aromatic nitrogens is 3. The Morgan fingerprint density at radius 1 is 1.05 bits per heavy atom. The summed E-state index contributed by atoms with van der Waals surface area (Å²) < 4.78 is 84.9. The molecule has 0 saturated carbocycles. The lowest BCUT2D eigenvalue weighted by Crippen LogP contribution is -2.44. The van der Waals surface area contributed by atoms with Gasteiger partial charge in [-0.3, -0.25) is 9.78 Å². The van der Waals surface area contributed by atoms with E-state index in [1.54, 1.807) is 18.3 Å². The molecule has 4 aromatic rings. The average molecular weight is 557 g/mol. The van der Waals surface area contributed by atoms with Crippen LogP contribution in [0.4, 0.5) is 26.3 Å². The number of carbonyl (C=O) groups excluding carboxylic acids is 1. The molecule has 0 saturated heterocycles. The Hall–Kier alpha value is -3.61. The number of hydrogen-bond donors (Lipinski definition) is 0. The van der Waals surface area contributed by atoms with Crippen molar-refractivity contribution in [3.8, 4) is 5.75 Å². The maximum absolute atomic E-state index is 12.9. The molecule has 202 valence electrons. The van der Waals surface area contributed by atoms with E-state index in [9.17, 15) is 31.1 Å². The molecule has 3 heterocycles. The highest BCUT2D eigenvalue weighted by molar-refractivity contribution is 7.07. The fourth-order valence-corrected chi connectivity index (χ4v) is 4.59. The predicted octanol–water partition coefficient (Wildman–Crippen LogP) is 6.10. The highest BCUT2D eigenvalue weighted by atomic mass is 32.1. The van der Waals surface area contributed by atoms with Crippen molar-refractivity contribution >= 4 is 28.3 Å². The summed E-state index contributed by atoms with van der Waals surface area (Å²) in [6.45, 7) is -1.28. The predicted molar refractivity (Wildman–Crippen MR) is 129 cm³/mol. The summed E-state index contributed by atoms with van der Waals surface area (Å²) in [6, 6.07) is 9.40. The number of imidazole rings is 1. The summed E-state index contributed by atoms with van der Waals surface area (Å²) in [4.78, 5) is 21.5. The SMILES string of the molecule is CCOc1ccc(Cc2nc3cc(C(=O)N(CC(F)(F)F)CC(F)(F)F)ccc3n2Cc2ccsc2)nc1. The van der Waals surface area contributed by atoms with Crippen molar-refractivity contribution in [2.24, 2.45) is 0 Å². The number of ether oxygens (including phenoxy) is 1. The van der Waals surface area contributed by atoms with Gasteiger partial charge in [0, 0.05) is 17.7 Å². The van der Waals surface area contributed by atoms with Crippen LogP contribution in [0.1, 0.15) is 34.4 Å². The van der Waals surface area contributed by atoms with Crippen LogP contribution in [0.25, 0.3) is 11.0 Å². The Kier molecular flexibility index (Phi) is 7.95.